The first kappa shape index (κ1) is 18.8. The molecular weight excluding hydrogens is 399 g/mol. The summed E-state index contributed by atoms with van der Waals surface area (Å²) >= 11 is 0. The zero-order valence-electron chi connectivity index (χ0n) is 17.3. The molecule has 0 saturated heterocycles. The molecule has 6 rings (SSSR count). The number of fused-ring (bicyclic) bond motifs is 5. The van der Waals surface area contributed by atoms with Crippen molar-refractivity contribution in [3.05, 3.63) is 61.7 Å². The Morgan fingerprint density at radius 2 is 2.00 bits per heavy atom. The maximum absolute atomic E-state index is 14.5. The van der Waals surface area contributed by atoms with Gasteiger partial charge in [-0.05, 0) is 42.5 Å². The molecule has 1 aliphatic heterocycles. The minimum absolute atomic E-state index is 0.132. The van der Waals surface area contributed by atoms with Crippen LogP contribution in [0, 0.1) is 12.7 Å². The summed E-state index contributed by atoms with van der Waals surface area (Å²) in [5.41, 5.74) is 3.10. The van der Waals surface area contributed by atoms with Gasteiger partial charge >= 0.3 is 0 Å². The van der Waals surface area contributed by atoms with Gasteiger partial charge in [-0.15, -0.1) is 0 Å². The molecule has 0 radical (unpaired) electrons. The third kappa shape index (κ3) is 2.15. The minimum atomic E-state index is -1.69. The summed E-state index contributed by atoms with van der Waals surface area (Å²) in [4.78, 5) is 30.6. The topological polar surface area (TPSA) is 92.4 Å². The van der Waals surface area contributed by atoms with E-state index in [1.165, 1.54) is 6.07 Å². The number of aromatic nitrogens is 2. The molecule has 0 fully saturated rings. The van der Waals surface area contributed by atoms with Crippen molar-refractivity contribution in [1.29, 1.82) is 0 Å². The predicted molar refractivity (Wildman–Crippen MR) is 111 cm³/mol. The Bertz CT molecular complexity index is 1420. The van der Waals surface area contributed by atoms with E-state index < -0.39 is 11.7 Å². The number of aliphatic hydroxyl groups is 2. The Morgan fingerprint density at radius 1 is 1.23 bits per heavy atom. The lowest BCUT2D eigenvalue weighted by Gasteiger charge is -2.32. The van der Waals surface area contributed by atoms with Crippen LogP contribution in [0.25, 0.3) is 22.3 Å². The Morgan fingerprint density at radius 3 is 2.74 bits per heavy atom. The molecule has 3 heterocycles. The highest BCUT2D eigenvalue weighted by Crippen LogP contribution is 2.46. The Balaban J connectivity index is 1.69. The molecule has 3 aromatic rings. The van der Waals surface area contributed by atoms with Crippen LogP contribution in [0.1, 0.15) is 59.3 Å². The van der Waals surface area contributed by atoms with Gasteiger partial charge in [0.2, 0.25) is 0 Å². The van der Waals surface area contributed by atoms with Crippen LogP contribution < -0.4 is 5.56 Å². The SMILES string of the molecule is CC[C@@]1(O)C(=O)CCc2c1cc1n(c2=O)Cc2c-1nc1cc(F)c(C)c3c1c2C(O)C3. The number of halogens is 1. The van der Waals surface area contributed by atoms with Crippen LogP contribution in [0.2, 0.25) is 0 Å². The second-order valence-electron chi connectivity index (χ2n) is 8.88. The fraction of sp³-hybridized carbons (Fsp3) is 0.375. The third-order valence-electron chi connectivity index (χ3n) is 7.46. The normalized spacial score (nSPS) is 23.3. The second-order valence-corrected chi connectivity index (χ2v) is 8.88. The first-order valence-electron chi connectivity index (χ1n) is 10.6. The molecule has 0 amide bonds. The van der Waals surface area contributed by atoms with Gasteiger partial charge in [0.1, 0.15) is 11.4 Å². The molecule has 2 aliphatic carbocycles. The molecule has 6 nitrogen and oxygen atoms in total. The number of benzene rings is 1. The zero-order chi connectivity index (χ0) is 21.8. The lowest BCUT2D eigenvalue weighted by Crippen LogP contribution is -2.43. The van der Waals surface area contributed by atoms with Gasteiger partial charge in [0, 0.05) is 41.0 Å². The molecule has 1 aromatic carbocycles. The predicted octanol–water partition coefficient (Wildman–Crippen LogP) is 2.58. The van der Waals surface area contributed by atoms with E-state index in [1.807, 2.05) is 0 Å². The lowest BCUT2D eigenvalue weighted by molar-refractivity contribution is -0.140. The van der Waals surface area contributed by atoms with Gasteiger partial charge in [-0.1, -0.05) is 6.92 Å². The van der Waals surface area contributed by atoms with Crippen LogP contribution in [0.15, 0.2) is 16.9 Å². The van der Waals surface area contributed by atoms with Gasteiger partial charge in [0.25, 0.3) is 5.56 Å². The monoisotopic (exact) mass is 420 g/mol. The molecule has 1 unspecified atom stereocenters. The second kappa shape index (κ2) is 5.87. The van der Waals surface area contributed by atoms with Crippen molar-refractivity contribution in [2.24, 2.45) is 0 Å². The van der Waals surface area contributed by atoms with Crippen molar-refractivity contribution in [2.75, 3.05) is 0 Å². The number of pyridine rings is 2. The number of carbonyl (C=O) groups excluding carboxylic acids is 1. The van der Waals surface area contributed by atoms with Crippen molar-refractivity contribution in [1.82, 2.24) is 9.55 Å². The summed E-state index contributed by atoms with van der Waals surface area (Å²) in [6, 6.07) is 3.07. The minimum Gasteiger partial charge on any atom is -0.388 e. The third-order valence-corrected chi connectivity index (χ3v) is 7.46. The molecule has 7 heteroatoms. The van der Waals surface area contributed by atoms with E-state index in [4.69, 9.17) is 4.98 Å². The smallest absolute Gasteiger partial charge is 0.254 e. The highest BCUT2D eigenvalue weighted by Gasteiger charge is 2.43. The molecular formula is C24H21FN2O4. The summed E-state index contributed by atoms with van der Waals surface area (Å²) in [6.45, 7) is 3.69. The van der Waals surface area contributed by atoms with Crippen molar-refractivity contribution in [2.45, 2.75) is 57.8 Å². The van der Waals surface area contributed by atoms with Crippen LogP contribution in [-0.4, -0.2) is 25.5 Å². The van der Waals surface area contributed by atoms with Crippen LogP contribution in [0.4, 0.5) is 4.39 Å². The average molecular weight is 420 g/mol. The Labute approximate surface area is 177 Å². The molecule has 2 atom stereocenters. The zero-order valence-corrected chi connectivity index (χ0v) is 17.3. The summed E-state index contributed by atoms with van der Waals surface area (Å²) in [5.74, 6) is -0.658. The van der Waals surface area contributed by atoms with Gasteiger partial charge in [-0.2, -0.15) is 0 Å². The maximum Gasteiger partial charge on any atom is 0.254 e. The molecule has 0 bridgehead atoms. The van der Waals surface area contributed by atoms with E-state index in [-0.39, 0.29) is 36.5 Å². The highest BCUT2D eigenvalue weighted by atomic mass is 19.1. The largest absolute Gasteiger partial charge is 0.388 e. The lowest BCUT2D eigenvalue weighted by atomic mass is 9.77. The van der Waals surface area contributed by atoms with Crippen molar-refractivity contribution in [3.8, 4) is 11.4 Å². The first-order valence-corrected chi connectivity index (χ1v) is 10.6. The fourth-order valence-electron chi connectivity index (χ4n) is 5.73. The van der Waals surface area contributed by atoms with Crippen LogP contribution >= 0.6 is 0 Å². The molecule has 3 aliphatic rings. The van der Waals surface area contributed by atoms with E-state index in [9.17, 15) is 24.2 Å². The number of nitrogens with zero attached hydrogens (tertiary/aromatic N) is 2. The number of ketones is 1. The summed E-state index contributed by atoms with van der Waals surface area (Å²) < 4.78 is 16.1. The van der Waals surface area contributed by atoms with Gasteiger partial charge in [0.05, 0.1) is 29.6 Å². The van der Waals surface area contributed by atoms with Crippen LogP contribution in [0.5, 0.6) is 0 Å². The highest BCUT2D eigenvalue weighted by molar-refractivity contribution is 5.94. The van der Waals surface area contributed by atoms with E-state index in [0.29, 0.717) is 52.0 Å². The fourth-order valence-corrected chi connectivity index (χ4v) is 5.73. The quantitative estimate of drug-likeness (QED) is 0.494. The Kier molecular flexibility index (Phi) is 3.56. The average Bonchev–Trinajstić information content (AvgIpc) is 3.28. The number of hydrogen-bond donors (Lipinski definition) is 2. The summed E-state index contributed by atoms with van der Waals surface area (Å²) in [6.07, 6.45) is 0.137. The number of rotatable bonds is 1. The Hall–Kier alpha value is -2.90. The number of Topliss-reactive ketones (excluding diaryl/α,β-unsaturated/α-hetero) is 1. The van der Waals surface area contributed by atoms with Crippen LogP contribution in [-0.2, 0) is 29.8 Å². The molecule has 158 valence electrons. The van der Waals surface area contributed by atoms with Gasteiger partial charge in [0.15, 0.2) is 5.78 Å². The summed E-state index contributed by atoms with van der Waals surface area (Å²) in [5, 5.41) is 22.7. The molecule has 0 saturated carbocycles. The van der Waals surface area contributed by atoms with Gasteiger partial charge < -0.3 is 14.8 Å². The molecule has 31 heavy (non-hydrogen) atoms. The maximum atomic E-state index is 14.5. The number of hydrogen-bond acceptors (Lipinski definition) is 5. The molecule has 0 spiro atoms. The number of carbonyl (C=O) groups is 1. The van der Waals surface area contributed by atoms with E-state index in [1.54, 1.807) is 24.5 Å². The molecule has 2 aromatic heterocycles. The molecule has 2 N–H and O–H groups in total. The van der Waals surface area contributed by atoms with E-state index in [2.05, 4.69) is 0 Å². The standard InChI is InChI=1S/C24H21FN2O4/c1-3-24(31)14-7-17-22-13(9-27(17)23(30)11(14)4-5-19(24)29)21-18(28)6-12-10(2)15(25)8-16(26-22)20(12)21/h7-8,18,28,31H,3-6,9H2,1-2H3/t18?,24-/m0/s1. The van der Waals surface area contributed by atoms with Crippen LogP contribution in [0.3, 0.4) is 0 Å². The van der Waals surface area contributed by atoms with Crippen molar-refractivity contribution in [3.63, 3.8) is 0 Å². The van der Waals surface area contributed by atoms with Crippen molar-refractivity contribution < 1.29 is 19.4 Å². The van der Waals surface area contributed by atoms with Gasteiger partial charge in [-0.25, -0.2) is 9.37 Å². The number of aliphatic hydroxyl groups excluding tert-OH is 1. The van der Waals surface area contributed by atoms with Crippen molar-refractivity contribution >= 4 is 16.7 Å². The van der Waals surface area contributed by atoms with E-state index >= 15 is 0 Å². The summed E-state index contributed by atoms with van der Waals surface area (Å²) in [7, 11) is 0. The van der Waals surface area contributed by atoms with Gasteiger partial charge in [-0.3, -0.25) is 9.59 Å². The van der Waals surface area contributed by atoms with E-state index in [0.717, 1.165) is 16.5 Å². The first-order chi connectivity index (χ1) is 14.8.